The standard InChI is InChI=1S/C29H31N3O3/c1-5-26-25(17-18-28(33)30-22-11-8-9-20(2)19-22)29(35-27-12-7-6-10-21(27)3)32(31-26)23-13-15-24(34-4)16-14-23/h6-16,19H,5,17-18H2,1-4H3,(H,30,33). The number of hydrogen-bond acceptors (Lipinski definition) is 4. The molecular weight excluding hydrogens is 438 g/mol. The Morgan fingerprint density at radius 2 is 1.77 bits per heavy atom. The number of anilines is 1. The van der Waals surface area contributed by atoms with Gasteiger partial charge in [-0.1, -0.05) is 37.3 Å². The van der Waals surface area contributed by atoms with Crippen molar-refractivity contribution in [1.82, 2.24) is 9.78 Å². The van der Waals surface area contributed by atoms with E-state index in [4.69, 9.17) is 14.6 Å². The summed E-state index contributed by atoms with van der Waals surface area (Å²) in [6.45, 7) is 6.08. The van der Waals surface area contributed by atoms with Crippen LogP contribution >= 0.6 is 0 Å². The number of rotatable bonds is 9. The number of carbonyl (C=O) groups excluding carboxylic acids is 1. The quantitative estimate of drug-likeness (QED) is 0.307. The number of benzene rings is 3. The number of ether oxygens (including phenoxy) is 2. The van der Waals surface area contributed by atoms with E-state index in [1.807, 2.05) is 91.3 Å². The van der Waals surface area contributed by atoms with E-state index in [1.165, 1.54) is 0 Å². The Bertz CT molecular complexity index is 1310. The molecule has 6 heteroatoms. The molecule has 1 heterocycles. The molecule has 4 rings (SSSR count). The summed E-state index contributed by atoms with van der Waals surface area (Å²) in [7, 11) is 1.64. The highest BCUT2D eigenvalue weighted by Crippen LogP contribution is 2.34. The Morgan fingerprint density at radius 3 is 2.46 bits per heavy atom. The lowest BCUT2D eigenvalue weighted by molar-refractivity contribution is -0.116. The second kappa shape index (κ2) is 10.9. The third kappa shape index (κ3) is 5.72. The summed E-state index contributed by atoms with van der Waals surface area (Å²) in [5.41, 5.74) is 5.64. The first-order valence-electron chi connectivity index (χ1n) is 11.8. The highest BCUT2D eigenvalue weighted by atomic mass is 16.5. The molecule has 0 bridgehead atoms. The van der Waals surface area contributed by atoms with Gasteiger partial charge in [-0.25, -0.2) is 4.68 Å². The molecule has 0 fully saturated rings. The summed E-state index contributed by atoms with van der Waals surface area (Å²) in [6.07, 6.45) is 1.56. The van der Waals surface area contributed by atoms with Crippen molar-refractivity contribution in [3.05, 3.63) is 95.2 Å². The smallest absolute Gasteiger partial charge is 0.226 e. The predicted octanol–water partition coefficient (Wildman–Crippen LogP) is 6.42. The minimum atomic E-state index is -0.0447. The third-order valence-corrected chi connectivity index (χ3v) is 5.88. The minimum absolute atomic E-state index is 0.0447. The normalized spacial score (nSPS) is 10.7. The Hall–Kier alpha value is -4.06. The second-order valence-electron chi connectivity index (χ2n) is 8.48. The van der Waals surface area contributed by atoms with E-state index in [0.29, 0.717) is 18.7 Å². The molecule has 0 atom stereocenters. The molecule has 1 amide bonds. The van der Waals surface area contributed by atoms with E-state index in [1.54, 1.807) is 7.11 Å². The van der Waals surface area contributed by atoms with Gasteiger partial charge in [0.1, 0.15) is 11.5 Å². The number of nitrogens with one attached hydrogen (secondary N) is 1. The number of amides is 1. The molecule has 4 aromatic rings. The maximum atomic E-state index is 12.8. The van der Waals surface area contributed by atoms with Gasteiger partial charge >= 0.3 is 0 Å². The van der Waals surface area contributed by atoms with Crippen molar-refractivity contribution in [3.63, 3.8) is 0 Å². The van der Waals surface area contributed by atoms with Gasteiger partial charge in [0.05, 0.1) is 18.5 Å². The molecule has 0 unspecified atom stereocenters. The summed E-state index contributed by atoms with van der Waals surface area (Å²) in [5.74, 6) is 2.11. The molecule has 1 N–H and O–H groups in total. The Kier molecular flexibility index (Phi) is 7.51. The molecule has 0 saturated carbocycles. The molecular formula is C29H31N3O3. The molecule has 1 aromatic heterocycles. The van der Waals surface area contributed by atoms with Gasteiger partial charge in [0, 0.05) is 17.7 Å². The van der Waals surface area contributed by atoms with Gasteiger partial charge in [0.2, 0.25) is 11.8 Å². The van der Waals surface area contributed by atoms with Crippen molar-refractivity contribution in [2.45, 2.75) is 40.0 Å². The first kappa shape index (κ1) is 24.1. The van der Waals surface area contributed by atoms with E-state index in [0.717, 1.165) is 51.7 Å². The lowest BCUT2D eigenvalue weighted by Crippen LogP contribution is -2.13. The molecule has 3 aromatic carbocycles. The molecule has 0 saturated heterocycles. The number of nitrogens with zero attached hydrogens (tertiary/aromatic N) is 2. The zero-order valence-corrected chi connectivity index (χ0v) is 20.7. The maximum Gasteiger partial charge on any atom is 0.226 e. The number of methoxy groups -OCH3 is 1. The monoisotopic (exact) mass is 469 g/mol. The zero-order valence-electron chi connectivity index (χ0n) is 20.7. The van der Waals surface area contributed by atoms with Crippen LogP contribution in [0.15, 0.2) is 72.8 Å². The van der Waals surface area contributed by atoms with Crippen molar-refractivity contribution in [3.8, 4) is 23.1 Å². The summed E-state index contributed by atoms with van der Waals surface area (Å²) in [6, 6.07) is 23.4. The summed E-state index contributed by atoms with van der Waals surface area (Å²) in [5, 5.41) is 7.87. The van der Waals surface area contributed by atoms with Crippen molar-refractivity contribution in [2.75, 3.05) is 12.4 Å². The number of para-hydroxylation sites is 1. The average Bonchev–Trinajstić information content (AvgIpc) is 3.21. The predicted molar refractivity (Wildman–Crippen MR) is 139 cm³/mol. The number of aromatic nitrogens is 2. The molecule has 0 aliphatic rings. The van der Waals surface area contributed by atoms with Crippen molar-refractivity contribution >= 4 is 11.6 Å². The highest BCUT2D eigenvalue weighted by molar-refractivity contribution is 5.91. The van der Waals surface area contributed by atoms with Crippen LogP contribution in [0.5, 0.6) is 17.4 Å². The Balaban J connectivity index is 1.66. The SMILES string of the molecule is CCc1nn(-c2ccc(OC)cc2)c(Oc2ccccc2C)c1CCC(=O)Nc1cccc(C)c1. The van der Waals surface area contributed by atoms with Crippen LogP contribution in [0.25, 0.3) is 5.69 Å². The molecule has 0 spiro atoms. The topological polar surface area (TPSA) is 65.4 Å². The third-order valence-electron chi connectivity index (χ3n) is 5.88. The fourth-order valence-electron chi connectivity index (χ4n) is 3.98. The fraction of sp³-hybridized carbons (Fsp3) is 0.241. The number of hydrogen-bond donors (Lipinski definition) is 1. The van der Waals surface area contributed by atoms with E-state index in [2.05, 4.69) is 12.2 Å². The van der Waals surface area contributed by atoms with Crippen LogP contribution in [0.1, 0.15) is 35.7 Å². The summed E-state index contributed by atoms with van der Waals surface area (Å²) >= 11 is 0. The van der Waals surface area contributed by atoms with Gasteiger partial charge in [0.25, 0.3) is 0 Å². The van der Waals surface area contributed by atoms with E-state index in [-0.39, 0.29) is 5.91 Å². The van der Waals surface area contributed by atoms with E-state index >= 15 is 0 Å². The van der Waals surface area contributed by atoms with Crippen molar-refractivity contribution in [2.24, 2.45) is 0 Å². The maximum absolute atomic E-state index is 12.8. The molecule has 35 heavy (non-hydrogen) atoms. The van der Waals surface area contributed by atoms with Gasteiger partial charge in [0.15, 0.2) is 0 Å². The molecule has 0 aliphatic heterocycles. The van der Waals surface area contributed by atoms with Crippen LogP contribution in [-0.2, 0) is 17.6 Å². The Morgan fingerprint density at radius 1 is 1.00 bits per heavy atom. The fourth-order valence-corrected chi connectivity index (χ4v) is 3.98. The van der Waals surface area contributed by atoms with Gasteiger partial charge in [-0.15, -0.1) is 0 Å². The highest BCUT2D eigenvalue weighted by Gasteiger charge is 2.22. The number of carbonyl (C=O) groups is 1. The van der Waals surface area contributed by atoms with Crippen molar-refractivity contribution in [1.29, 1.82) is 0 Å². The average molecular weight is 470 g/mol. The largest absolute Gasteiger partial charge is 0.497 e. The van der Waals surface area contributed by atoms with Gasteiger partial charge < -0.3 is 14.8 Å². The van der Waals surface area contributed by atoms with Crippen LogP contribution in [0.3, 0.4) is 0 Å². The number of aryl methyl sites for hydroxylation is 3. The summed E-state index contributed by atoms with van der Waals surface area (Å²) < 4.78 is 13.6. The van der Waals surface area contributed by atoms with Crippen molar-refractivity contribution < 1.29 is 14.3 Å². The van der Waals surface area contributed by atoms with Crippen LogP contribution in [-0.4, -0.2) is 22.8 Å². The van der Waals surface area contributed by atoms with Crippen LogP contribution < -0.4 is 14.8 Å². The molecule has 0 aliphatic carbocycles. The lowest BCUT2D eigenvalue weighted by Gasteiger charge is -2.13. The first-order chi connectivity index (χ1) is 17.0. The van der Waals surface area contributed by atoms with Crippen LogP contribution in [0, 0.1) is 13.8 Å². The van der Waals surface area contributed by atoms with Gasteiger partial charge in [-0.3, -0.25) is 4.79 Å². The second-order valence-corrected chi connectivity index (χ2v) is 8.48. The molecule has 0 radical (unpaired) electrons. The zero-order chi connectivity index (χ0) is 24.8. The molecule has 180 valence electrons. The summed E-state index contributed by atoms with van der Waals surface area (Å²) in [4.78, 5) is 12.8. The van der Waals surface area contributed by atoms with Crippen LogP contribution in [0.4, 0.5) is 5.69 Å². The van der Waals surface area contributed by atoms with Gasteiger partial charge in [-0.05, 0) is 80.3 Å². The van der Waals surface area contributed by atoms with E-state index in [9.17, 15) is 4.79 Å². The van der Waals surface area contributed by atoms with E-state index < -0.39 is 0 Å². The minimum Gasteiger partial charge on any atom is -0.497 e. The Labute approximate surface area is 206 Å². The lowest BCUT2D eigenvalue weighted by atomic mass is 10.1. The molecule has 6 nitrogen and oxygen atoms in total. The first-order valence-corrected chi connectivity index (χ1v) is 11.8. The van der Waals surface area contributed by atoms with Gasteiger partial charge in [-0.2, -0.15) is 5.10 Å². The van der Waals surface area contributed by atoms with Crippen LogP contribution in [0.2, 0.25) is 0 Å².